The number of nitrogens with one attached hydrogen (secondary N) is 3. The van der Waals surface area contributed by atoms with E-state index in [-0.39, 0.29) is 41.2 Å². The smallest absolute Gasteiger partial charge is 0.326 e. The topological polar surface area (TPSA) is 103 Å². The Morgan fingerprint density at radius 3 is 2.73 bits per heavy atom. The maximum absolute atomic E-state index is 13.6. The summed E-state index contributed by atoms with van der Waals surface area (Å²) in [6.07, 6.45) is 5.73. The lowest BCUT2D eigenvalue weighted by Crippen LogP contribution is -2.62. The highest BCUT2D eigenvalue weighted by molar-refractivity contribution is 8.04. The van der Waals surface area contributed by atoms with Crippen LogP contribution in [0.5, 0.6) is 11.5 Å². The number of urea groups is 1. The van der Waals surface area contributed by atoms with Gasteiger partial charge in [-0.1, -0.05) is 36.0 Å². The molecule has 6 rings (SSSR count). The molecule has 3 unspecified atom stereocenters. The van der Waals surface area contributed by atoms with Gasteiger partial charge >= 0.3 is 6.03 Å². The van der Waals surface area contributed by atoms with Gasteiger partial charge in [0.15, 0.2) is 0 Å². The van der Waals surface area contributed by atoms with Crippen LogP contribution in [0.3, 0.4) is 0 Å². The van der Waals surface area contributed by atoms with Crippen molar-refractivity contribution in [2.75, 3.05) is 24.5 Å². The summed E-state index contributed by atoms with van der Waals surface area (Å²) in [4.78, 5) is 43.7. The minimum Gasteiger partial charge on any atom is -0.457 e. The molecular weight excluding hydrogens is 538 g/mol. The van der Waals surface area contributed by atoms with Gasteiger partial charge in [0.05, 0.1) is 16.3 Å². The van der Waals surface area contributed by atoms with Crippen molar-refractivity contribution in [3.05, 3.63) is 76.8 Å². The number of nitrogens with zero attached hydrogens (tertiary/aromatic N) is 2. The minimum absolute atomic E-state index is 0.00674. The van der Waals surface area contributed by atoms with Gasteiger partial charge in [-0.15, -0.1) is 0 Å². The Balaban J connectivity index is 1.20. The maximum atomic E-state index is 13.6. The molecule has 4 aliphatic heterocycles. The fourth-order valence-electron chi connectivity index (χ4n) is 6.28. The number of carbonyl (C=O) groups excluding carboxylic acids is 3. The Morgan fingerprint density at radius 2 is 1.95 bits per heavy atom. The fraction of sp³-hybridized carbons (Fsp3) is 0.387. The fourth-order valence-corrected chi connectivity index (χ4v) is 7.68. The number of hydrogen-bond donors (Lipinski definition) is 3. The van der Waals surface area contributed by atoms with Gasteiger partial charge in [-0.3, -0.25) is 14.5 Å². The van der Waals surface area contributed by atoms with Crippen LogP contribution in [0, 0.1) is 12.8 Å². The Kier molecular flexibility index (Phi) is 7.77. The number of aryl methyl sites for hydroxylation is 1. The van der Waals surface area contributed by atoms with Crippen LogP contribution in [0.4, 0.5) is 10.5 Å². The third-order valence-electron chi connectivity index (χ3n) is 8.13. The number of rotatable bonds is 6. The van der Waals surface area contributed by atoms with Gasteiger partial charge in [-0.2, -0.15) is 0 Å². The van der Waals surface area contributed by atoms with Crippen molar-refractivity contribution in [3.8, 4) is 11.5 Å². The second-order valence-corrected chi connectivity index (χ2v) is 12.0. The number of benzene rings is 2. The predicted molar refractivity (Wildman–Crippen MR) is 160 cm³/mol. The Bertz CT molecular complexity index is 1410. The predicted octanol–water partition coefficient (Wildman–Crippen LogP) is 4.26. The normalized spacial score (nSPS) is 25.7. The van der Waals surface area contributed by atoms with Crippen LogP contribution in [0.1, 0.15) is 31.7 Å². The van der Waals surface area contributed by atoms with Crippen molar-refractivity contribution in [2.24, 2.45) is 5.92 Å². The van der Waals surface area contributed by atoms with Gasteiger partial charge < -0.3 is 25.6 Å². The second kappa shape index (κ2) is 11.6. The molecule has 2 aromatic carbocycles. The number of amides is 4. The number of likely N-dealkylation sites (tertiary alicyclic amines) is 1. The largest absolute Gasteiger partial charge is 0.457 e. The van der Waals surface area contributed by atoms with Crippen LogP contribution < -0.4 is 25.6 Å². The number of piperidine rings is 2. The minimum atomic E-state index is -0.227. The summed E-state index contributed by atoms with van der Waals surface area (Å²) in [5, 5.41) is 9.79. The van der Waals surface area contributed by atoms with E-state index in [1.165, 1.54) is 11.8 Å². The molecular formula is C31H35N5O4S. The molecule has 41 heavy (non-hydrogen) atoms. The third-order valence-corrected chi connectivity index (χ3v) is 9.49. The molecule has 10 heteroatoms. The van der Waals surface area contributed by atoms with Crippen LogP contribution in [-0.4, -0.2) is 59.8 Å². The number of allylic oxidation sites excluding steroid dienone is 1. The summed E-state index contributed by atoms with van der Waals surface area (Å²) in [5.41, 5.74) is 2.48. The molecule has 0 bridgehead atoms. The Morgan fingerprint density at radius 1 is 1.12 bits per heavy atom. The molecule has 0 aromatic heterocycles. The van der Waals surface area contributed by atoms with Crippen molar-refractivity contribution in [1.29, 1.82) is 0 Å². The molecule has 214 valence electrons. The first-order valence-electron chi connectivity index (χ1n) is 14.2. The number of ether oxygens (including phenoxy) is 1. The van der Waals surface area contributed by atoms with E-state index in [0.29, 0.717) is 29.4 Å². The van der Waals surface area contributed by atoms with Crippen LogP contribution in [0.15, 0.2) is 71.3 Å². The summed E-state index contributed by atoms with van der Waals surface area (Å²) in [6, 6.07) is 15.0. The van der Waals surface area contributed by atoms with Crippen molar-refractivity contribution in [1.82, 2.24) is 20.9 Å². The lowest BCUT2D eigenvalue weighted by molar-refractivity contribution is -0.128. The zero-order valence-corrected chi connectivity index (χ0v) is 24.1. The Hall–Kier alpha value is -3.76. The molecule has 4 heterocycles. The SMILES string of the molecule is C/C=C/C(=O)N1CCC[C@@H](NC(=O)C2=C3NC(=O)N(c4ccc(Oc5ccccc5)cc4C)C4CCNC(S2)C34)C1. The summed E-state index contributed by atoms with van der Waals surface area (Å²) in [5.74, 6) is 1.22. The highest BCUT2D eigenvalue weighted by Gasteiger charge is 2.52. The van der Waals surface area contributed by atoms with Crippen molar-refractivity contribution in [3.63, 3.8) is 0 Å². The van der Waals surface area contributed by atoms with E-state index in [0.717, 1.165) is 42.8 Å². The van der Waals surface area contributed by atoms with Gasteiger partial charge in [0, 0.05) is 36.4 Å². The summed E-state index contributed by atoms with van der Waals surface area (Å²) in [7, 11) is 0. The molecule has 0 radical (unpaired) electrons. The summed E-state index contributed by atoms with van der Waals surface area (Å²) < 4.78 is 6.00. The number of hydrogen-bond acceptors (Lipinski definition) is 6. The zero-order chi connectivity index (χ0) is 28.5. The quantitative estimate of drug-likeness (QED) is 0.447. The van der Waals surface area contributed by atoms with E-state index in [1.54, 1.807) is 17.1 Å². The average molecular weight is 574 g/mol. The molecule has 9 nitrogen and oxygen atoms in total. The standard InChI is InChI=1S/C31H35N5O4S/c1-3-8-25(37)35-16-7-9-20(18-35)33-29(38)28-27-26-24(14-15-32-30(26)41-28)36(31(39)34-27)23-13-12-22(17-19(23)2)40-21-10-5-4-6-11-21/h3-6,8,10-13,17,20,24,26,30,32H,7,9,14-16,18H2,1-2H3,(H,33,38)(H,34,39)/b8-3+/t20-,24?,26?,30?/m1/s1. The van der Waals surface area contributed by atoms with E-state index < -0.39 is 0 Å². The molecule has 4 atom stereocenters. The van der Waals surface area contributed by atoms with Crippen LogP contribution in [-0.2, 0) is 9.59 Å². The van der Waals surface area contributed by atoms with E-state index >= 15 is 0 Å². The monoisotopic (exact) mass is 573 g/mol. The first-order chi connectivity index (χ1) is 19.9. The van der Waals surface area contributed by atoms with Gasteiger partial charge in [-0.25, -0.2) is 4.79 Å². The molecule has 4 aliphatic rings. The lowest BCUT2D eigenvalue weighted by Gasteiger charge is -2.46. The zero-order valence-electron chi connectivity index (χ0n) is 23.3. The van der Waals surface area contributed by atoms with Crippen LogP contribution >= 0.6 is 11.8 Å². The highest BCUT2D eigenvalue weighted by atomic mass is 32.2. The first-order valence-corrected chi connectivity index (χ1v) is 15.1. The van der Waals surface area contributed by atoms with E-state index in [9.17, 15) is 14.4 Å². The van der Waals surface area contributed by atoms with Crippen molar-refractivity contribution in [2.45, 2.75) is 50.6 Å². The van der Waals surface area contributed by atoms with Gasteiger partial charge in [0.1, 0.15) is 11.5 Å². The van der Waals surface area contributed by atoms with Gasteiger partial charge in [0.2, 0.25) is 5.91 Å². The number of carbonyl (C=O) groups is 3. The highest BCUT2D eigenvalue weighted by Crippen LogP contribution is 2.48. The molecule has 0 aliphatic carbocycles. The van der Waals surface area contributed by atoms with Crippen molar-refractivity contribution < 1.29 is 19.1 Å². The lowest BCUT2D eigenvalue weighted by atomic mass is 9.86. The van der Waals surface area contributed by atoms with E-state index in [2.05, 4.69) is 16.0 Å². The molecule has 0 spiro atoms. The maximum Gasteiger partial charge on any atom is 0.326 e. The van der Waals surface area contributed by atoms with Gasteiger partial charge in [0.25, 0.3) is 5.91 Å². The second-order valence-electron chi connectivity index (χ2n) is 10.9. The van der Waals surface area contributed by atoms with Crippen LogP contribution in [0.25, 0.3) is 0 Å². The summed E-state index contributed by atoms with van der Waals surface area (Å²) >= 11 is 1.49. The number of thioether (sulfide) groups is 1. The van der Waals surface area contributed by atoms with E-state index in [1.807, 2.05) is 67.3 Å². The number of anilines is 1. The molecule has 3 saturated heterocycles. The first kappa shape index (κ1) is 27.4. The summed E-state index contributed by atoms with van der Waals surface area (Å²) in [6.45, 7) is 5.74. The van der Waals surface area contributed by atoms with Crippen LogP contribution in [0.2, 0.25) is 0 Å². The Labute approximate surface area is 244 Å². The number of para-hydroxylation sites is 1. The molecule has 3 fully saturated rings. The van der Waals surface area contributed by atoms with E-state index in [4.69, 9.17) is 4.74 Å². The average Bonchev–Trinajstić information content (AvgIpc) is 3.34. The molecule has 2 aromatic rings. The molecule has 3 N–H and O–H groups in total. The third kappa shape index (κ3) is 5.46. The molecule has 0 saturated carbocycles. The van der Waals surface area contributed by atoms with Gasteiger partial charge in [-0.05, 0) is 81.6 Å². The van der Waals surface area contributed by atoms with Crippen molar-refractivity contribution >= 4 is 35.3 Å². The molecule has 4 amide bonds.